The standard InChI is InChI=1S/C20H23FN2O2/c21-18-6-8-19(9-7-18)25-15-17-10-12-23(13-11-17)20(24)22-14-16-4-2-1-3-5-16/h1-9,17H,10-15H2,(H,22,24). The molecule has 2 aromatic carbocycles. The minimum absolute atomic E-state index is 0.0123. The summed E-state index contributed by atoms with van der Waals surface area (Å²) >= 11 is 0. The Labute approximate surface area is 147 Å². The van der Waals surface area contributed by atoms with E-state index in [9.17, 15) is 9.18 Å². The van der Waals surface area contributed by atoms with Gasteiger partial charge in [0.25, 0.3) is 0 Å². The van der Waals surface area contributed by atoms with Gasteiger partial charge >= 0.3 is 6.03 Å². The van der Waals surface area contributed by atoms with E-state index in [2.05, 4.69) is 5.32 Å². The van der Waals surface area contributed by atoms with E-state index in [1.54, 1.807) is 12.1 Å². The Morgan fingerprint density at radius 2 is 1.76 bits per heavy atom. The molecule has 2 aromatic rings. The predicted octanol–water partition coefficient (Wildman–Crippen LogP) is 3.83. The van der Waals surface area contributed by atoms with Gasteiger partial charge in [0.05, 0.1) is 6.61 Å². The fraction of sp³-hybridized carbons (Fsp3) is 0.350. The number of amides is 2. The van der Waals surface area contributed by atoms with E-state index >= 15 is 0 Å². The van der Waals surface area contributed by atoms with Crippen LogP contribution in [0.5, 0.6) is 5.75 Å². The number of nitrogens with one attached hydrogen (secondary N) is 1. The molecule has 3 rings (SSSR count). The van der Waals surface area contributed by atoms with Crippen LogP contribution in [0.2, 0.25) is 0 Å². The fourth-order valence-corrected chi connectivity index (χ4v) is 2.93. The van der Waals surface area contributed by atoms with Gasteiger partial charge < -0.3 is 15.0 Å². The van der Waals surface area contributed by atoms with Crippen molar-refractivity contribution in [3.63, 3.8) is 0 Å². The fourth-order valence-electron chi connectivity index (χ4n) is 2.93. The number of carbonyl (C=O) groups excluding carboxylic acids is 1. The number of rotatable bonds is 5. The largest absolute Gasteiger partial charge is 0.493 e. The maximum absolute atomic E-state index is 12.9. The number of ether oxygens (including phenoxy) is 1. The molecule has 1 aliphatic rings. The SMILES string of the molecule is O=C(NCc1ccccc1)N1CCC(COc2ccc(F)cc2)CC1. The number of carbonyl (C=O) groups is 1. The van der Waals surface area contributed by atoms with Gasteiger partial charge in [-0.05, 0) is 48.6 Å². The zero-order valence-corrected chi connectivity index (χ0v) is 14.2. The molecule has 0 aromatic heterocycles. The second-order valence-corrected chi connectivity index (χ2v) is 6.34. The van der Waals surface area contributed by atoms with Crippen LogP contribution in [0.4, 0.5) is 9.18 Å². The van der Waals surface area contributed by atoms with E-state index in [0.717, 1.165) is 31.5 Å². The number of urea groups is 1. The highest BCUT2D eigenvalue weighted by atomic mass is 19.1. The van der Waals surface area contributed by atoms with Crippen LogP contribution in [0.15, 0.2) is 54.6 Å². The van der Waals surface area contributed by atoms with Crippen molar-refractivity contribution in [2.24, 2.45) is 5.92 Å². The Morgan fingerprint density at radius 1 is 1.08 bits per heavy atom. The van der Waals surface area contributed by atoms with Gasteiger partial charge in [-0.2, -0.15) is 0 Å². The van der Waals surface area contributed by atoms with Gasteiger partial charge in [0.15, 0.2) is 0 Å². The van der Waals surface area contributed by atoms with Crippen molar-refractivity contribution in [2.45, 2.75) is 19.4 Å². The van der Waals surface area contributed by atoms with Gasteiger partial charge in [0.1, 0.15) is 11.6 Å². The summed E-state index contributed by atoms with van der Waals surface area (Å²) in [6, 6.07) is 16.0. The Hall–Kier alpha value is -2.56. The number of nitrogens with zero attached hydrogens (tertiary/aromatic N) is 1. The minimum Gasteiger partial charge on any atom is -0.493 e. The van der Waals surface area contributed by atoms with E-state index < -0.39 is 0 Å². The molecule has 0 aliphatic carbocycles. The molecular formula is C20H23FN2O2. The molecule has 132 valence electrons. The lowest BCUT2D eigenvalue weighted by Gasteiger charge is -2.32. The average Bonchev–Trinajstić information content (AvgIpc) is 2.67. The lowest BCUT2D eigenvalue weighted by Crippen LogP contribution is -2.44. The van der Waals surface area contributed by atoms with Gasteiger partial charge in [0.2, 0.25) is 0 Å². The smallest absolute Gasteiger partial charge is 0.317 e. The van der Waals surface area contributed by atoms with Crippen LogP contribution < -0.4 is 10.1 Å². The number of hydrogen-bond donors (Lipinski definition) is 1. The molecule has 0 saturated carbocycles. The van der Waals surface area contributed by atoms with Gasteiger partial charge in [-0.1, -0.05) is 30.3 Å². The molecule has 0 spiro atoms. The first-order valence-corrected chi connectivity index (χ1v) is 8.66. The summed E-state index contributed by atoms with van der Waals surface area (Å²) < 4.78 is 18.6. The van der Waals surface area contributed by atoms with E-state index in [0.29, 0.717) is 24.8 Å². The highest BCUT2D eigenvalue weighted by Crippen LogP contribution is 2.20. The molecule has 0 bridgehead atoms. The Balaban J connectivity index is 1.37. The molecule has 5 heteroatoms. The van der Waals surface area contributed by atoms with Crippen LogP contribution in [-0.4, -0.2) is 30.6 Å². The number of halogens is 1. The first kappa shape index (κ1) is 17.3. The number of benzene rings is 2. The summed E-state index contributed by atoms with van der Waals surface area (Å²) in [7, 11) is 0. The summed E-state index contributed by atoms with van der Waals surface area (Å²) in [5.74, 6) is 0.842. The van der Waals surface area contributed by atoms with Crippen molar-refractivity contribution in [1.29, 1.82) is 0 Å². The molecule has 1 saturated heterocycles. The monoisotopic (exact) mass is 342 g/mol. The normalized spacial score (nSPS) is 15.0. The third kappa shape index (κ3) is 5.21. The van der Waals surface area contributed by atoms with Crippen LogP contribution in [0.25, 0.3) is 0 Å². The topological polar surface area (TPSA) is 41.6 Å². The maximum Gasteiger partial charge on any atom is 0.317 e. The van der Waals surface area contributed by atoms with Crippen LogP contribution in [-0.2, 0) is 6.54 Å². The number of piperidine rings is 1. The lowest BCUT2D eigenvalue weighted by molar-refractivity contribution is 0.145. The van der Waals surface area contributed by atoms with Crippen molar-refractivity contribution in [3.8, 4) is 5.75 Å². The number of likely N-dealkylation sites (tertiary alicyclic amines) is 1. The Bertz CT molecular complexity index is 668. The quantitative estimate of drug-likeness (QED) is 0.897. The maximum atomic E-state index is 12.9. The van der Waals surface area contributed by atoms with Crippen LogP contribution in [0.3, 0.4) is 0 Å². The first-order chi connectivity index (χ1) is 12.2. The summed E-state index contributed by atoms with van der Waals surface area (Å²) in [5, 5.41) is 2.97. The minimum atomic E-state index is -0.262. The molecule has 1 fully saturated rings. The van der Waals surface area contributed by atoms with E-state index in [1.807, 2.05) is 35.2 Å². The molecule has 25 heavy (non-hydrogen) atoms. The molecule has 0 unspecified atom stereocenters. The predicted molar refractivity (Wildman–Crippen MR) is 94.9 cm³/mol. The average molecular weight is 342 g/mol. The van der Waals surface area contributed by atoms with Gasteiger partial charge in [-0.25, -0.2) is 9.18 Å². The molecule has 1 heterocycles. The van der Waals surface area contributed by atoms with E-state index in [1.165, 1.54) is 12.1 Å². The summed E-state index contributed by atoms with van der Waals surface area (Å²) in [5.41, 5.74) is 1.10. The third-order valence-electron chi connectivity index (χ3n) is 4.49. The van der Waals surface area contributed by atoms with Gasteiger partial charge in [-0.15, -0.1) is 0 Å². The third-order valence-corrected chi connectivity index (χ3v) is 4.49. The molecule has 0 radical (unpaired) electrons. The first-order valence-electron chi connectivity index (χ1n) is 8.66. The molecule has 2 amide bonds. The summed E-state index contributed by atoms with van der Waals surface area (Å²) in [6.07, 6.45) is 1.83. The van der Waals surface area contributed by atoms with Crippen molar-refractivity contribution < 1.29 is 13.9 Å². The van der Waals surface area contributed by atoms with Gasteiger partial charge in [0, 0.05) is 19.6 Å². The van der Waals surface area contributed by atoms with Crippen LogP contribution in [0, 0.1) is 11.7 Å². The zero-order chi connectivity index (χ0) is 17.5. The van der Waals surface area contributed by atoms with Crippen LogP contribution in [0.1, 0.15) is 18.4 Å². The highest BCUT2D eigenvalue weighted by molar-refractivity contribution is 5.74. The van der Waals surface area contributed by atoms with Crippen molar-refractivity contribution in [1.82, 2.24) is 10.2 Å². The molecule has 1 aliphatic heterocycles. The highest BCUT2D eigenvalue weighted by Gasteiger charge is 2.23. The van der Waals surface area contributed by atoms with Crippen molar-refractivity contribution >= 4 is 6.03 Å². The molecule has 4 nitrogen and oxygen atoms in total. The second kappa shape index (κ2) is 8.51. The summed E-state index contributed by atoms with van der Waals surface area (Å²) in [6.45, 7) is 2.62. The second-order valence-electron chi connectivity index (χ2n) is 6.34. The Kier molecular flexibility index (Phi) is 5.88. The number of hydrogen-bond acceptors (Lipinski definition) is 2. The van der Waals surface area contributed by atoms with Gasteiger partial charge in [-0.3, -0.25) is 0 Å². The van der Waals surface area contributed by atoms with Crippen LogP contribution >= 0.6 is 0 Å². The lowest BCUT2D eigenvalue weighted by atomic mass is 9.98. The zero-order valence-electron chi connectivity index (χ0n) is 14.2. The van der Waals surface area contributed by atoms with E-state index in [4.69, 9.17) is 4.74 Å². The molecule has 1 N–H and O–H groups in total. The molecular weight excluding hydrogens is 319 g/mol. The Morgan fingerprint density at radius 3 is 2.44 bits per heavy atom. The van der Waals surface area contributed by atoms with Crippen molar-refractivity contribution in [2.75, 3.05) is 19.7 Å². The van der Waals surface area contributed by atoms with E-state index in [-0.39, 0.29) is 11.8 Å². The molecule has 0 atom stereocenters. The van der Waals surface area contributed by atoms with Crippen molar-refractivity contribution in [3.05, 3.63) is 66.0 Å². The summed E-state index contributed by atoms with van der Waals surface area (Å²) in [4.78, 5) is 14.1.